The lowest BCUT2D eigenvalue weighted by Crippen LogP contribution is -2.67. The summed E-state index contributed by atoms with van der Waals surface area (Å²) < 4.78 is 0. The number of rotatable bonds is 1. The topological polar surface area (TPSA) is 12.0 Å². The molecule has 2 unspecified atom stereocenters. The highest BCUT2D eigenvalue weighted by Crippen LogP contribution is 2.66. The molecular weight excluding hydrogens is 206 g/mol. The summed E-state index contributed by atoms with van der Waals surface area (Å²) in [7, 11) is 0. The van der Waals surface area contributed by atoms with Crippen molar-refractivity contribution >= 4 is 0 Å². The molecular formula is C16H29N. The lowest BCUT2D eigenvalue weighted by molar-refractivity contribution is -0.123. The van der Waals surface area contributed by atoms with Crippen LogP contribution in [-0.4, -0.2) is 11.1 Å². The third-order valence-electron chi connectivity index (χ3n) is 5.27. The van der Waals surface area contributed by atoms with Gasteiger partial charge >= 0.3 is 0 Å². The van der Waals surface area contributed by atoms with Crippen molar-refractivity contribution < 1.29 is 0 Å². The number of nitrogens with one attached hydrogen (secondary N) is 1. The van der Waals surface area contributed by atoms with Crippen molar-refractivity contribution in [3.05, 3.63) is 0 Å². The molecule has 4 fully saturated rings. The molecule has 0 saturated heterocycles. The Morgan fingerprint density at radius 2 is 1.41 bits per heavy atom. The monoisotopic (exact) mass is 235 g/mol. The lowest BCUT2D eigenvalue weighted by Gasteiger charge is -2.66. The summed E-state index contributed by atoms with van der Waals surface area (Å²) >= 11 is 0. The number of hydrogen-bond donors (Lipinski definition) is 1. The van der Waals surface area contributed by atoms with Crippen molar-refractivity contribution in [2.75, 3.05) is 0 Å². The van der Waals surface area contributed by atoms with Crippen LogP contribution in [0.15, 0.2) is 0 Å². The van der Waals surface area contributed by atoms with Crippen LogP contribution in [0.4, 0.5) is 0 Å². The Hall–Kier alpha value is -0.0400. The van der Waals surface area contributed by atoms with Crippen molar-refractivity contribution in [3.8, 4) is 0 Å². The Morgan fingerprint density at radius 1 is 0.882 bits per heavy atom. The highest BCUT2D eigenvalue weighted by Gasteiger charge is 2.60. The van der Waals surface area contributed by atoms with E-state index >= 15 is 0 Å². The lowest BCUT2D eigenvalue weighted by atomic mass is 9.42. The molecule has 17 heavy (non-hydrogen) atoms. The van der Waals surface area contributed by atoms with Crippen molar-refractivity contribution in [3.63, 3.8) is 0 Å². The Balaban J connectivity index is 1.92. The first-order valence-electron chi connectivity index (χ1n) is 7.41. The maximum absolute atomic E-state index is 4.01. The molecule has 0 radical (unpaired) electrons. The van der Waals surface area contributed by atoms with Crippen molar-refractivity contribution in [1.82, 2.24) is 5.32 Å². The van der Waals surface area contributed by atoms with E-state index in [0.29, 0.717) is 16.4 Å². The second-order valence-electron chi connectivity index (χ2n) is 9.29. The van der Waals surface area contributed by atoms with Crippen LogP contribution >= 0.6 is 0 Å². The molecule has 0 amide bonds. The van der Waals surface area contributed by atoms with E-state index in [4.69, 9.17) is 0 Å². The molecule has 0 aliphatic heterocycles. The van der Waals surface area contributed by atoms with Gasteiger partial charge in [0.2, 0.25) is 0 Å². The third-order valence-corrected chi connectivity index (χ3v) is 5.27. The van der Waals surface area contributed by atoms with Gasteiger partial charge in [-0.3, -0.25) is 0 Å². The van der Waals surface area contributed by atoms with Gasteiger partial charge in [-0.15, -0.1) is 0 Å². The Morgan fingerprint density at radius 3 is 1.82 bits per heavy atom. The van der Waals surface area contributed by atoms with Crippen LogP contribution in [0, 0.1) is 16.7 Å². The SMILES string of the molecule is CC12CC3CC(C)(C1)CC(NC(C)(C)C)(C3)C2. The Kier molecular flexibility index (Phi) is 2.19. The normalized spacial score (nSPS) is 53.1. The molecule has 1 nitrogen and oxygen atoms in total. The first kappa shape index (κ1) is 12.0. The standard InChI is InChI=1S/C16H29N/c1-13(2,3)17-16-8-12-6-14(4,10-16)9-15(5,7-12)11-16/h12,17H,6-11H2,1-5H3. The predicted octanol–water partition coefficient (Wildman–Crippen LogP) is 4.12. The minimum atomic E-state index is 0.262. The van der Waals surface area contributed by atoms with Gasteiger partial charge in [-0.2, -0.15) is 0 Å². The molecule has 2 atom stereocenters. The summed E-state index contributed by atoms with van der Waals surface area (Å²) in [6.07, 6.45) is 8.75. The molecule has 1 N–H and O–H groups in total. The molecule has 4 bridgehead atoms. The van der Waals surface area contributed by atoms with Crippen LogP contribution in [0.3, 0.4) is 0 Å². The van der Waals surface area contributed by atoms with Gasteiger partial charge in [0.05, 0.1) is 0 Å². The van der Waals surface area contributed by atoms with Gasteiger partial charge in [0.1, 0.15) is 0 Å². The maximum atomic E-state index is 4.01. The van der Waals surface area contributed by atoms with Gasteiger partial charge in [-0.1, -0.05) is 13.8 Å². The smallest absolute Gasteiger partial charge is 0.0199 e. The van der Waals surface area contributed by atoms with E-state index in [9.17, 15) is 0 Å². The van der Waals surface area contributed by atoms with Crippen LogP contribution < -0.4 is 5.32 Å². The summed E-state index contributed by atoms with van der Waals surface area (Å²) in [5.41, 5.74) is 1.98. The average Bonchev–Trinajstić information content (AvgIpc) is 1.88. The molecule has 0 aromatic heterocycles. The van der Waals surface area contributed by atoms with Crippen LogP contribution in [0.5, 0.6) is 0 Å². The summed E-state index contributed by atoms with van der Waals surface area (Å²) in [5, 5.41) is 4.01. The van der Waals surface area contributed by atoms with Crippen molar-refractivity contribution in [2.24, 2.45) is 16.7 Å². The fraction of sp³-hybridized carbons (Fsp3) is 1.00. The highest BCUT2D eigenvalue weighted by molar-refractivity contribution is 5.15. The van der Waals surface area contributed by atoms with Gasteiger partial charge in [0.25, 0.3) is 0 Å². The van der Waals surface area contributed by atoms with Crippen molar-refractivity contribution in [2.45, 2.75) is 84.2 Å². The zero-order valence-electron chi connectivity index (χ0n) is 12.3. The molecule has 98 valence electrons. The Labute approximate surface area is 107 Å². The first-order chi connectivity index (χ1) is 7.61. The number of hydrogen-bond acceptors (Lipinski definition) is 1. The van der Waals surface area contributed by atoms with E-state index in [0.717, 1.165) is 5.92 Å². The molecule has 0 heterocycles. The largest absolute Gasteiger partial charge is 0.307 e. The minimum Gasteiger partial charge on any atom is -0.307 e. The molecule has 1 heteroatoms. The second-order valence-corrected chi connectivity index (χ2v) is 9.29. The van der Waals surface area contributed by atoms with E-state index in [1.54, 1.807) is 0 Å². The minimum absolute atomic E-state index is 0.262. The van der Waals surface area contributed by atoms with Crippen molar-refractivity contribution in [1.29, 1.82) is 0 Å². The zero-order valence-corrected chi connectivity index (χ0v) is 12.3. The van der Waals surface area contributed by atoms with Crippen LogP contribution in [0.1, 0.15) is 73.1 Å². The van der Waals surface area contributed by atoms with Gasteiger partial charge in [-0.05, 0) is 76.0 Å². The quantitative estimate of drug-likeness (QED) is 0.721. The van der Waals surface area contributed by atoms with Gasteiger partial charge < -0.3 is 5.32 Å². The van der Waals surface area contributed by atoms with Crippen LogP contribution in [0.25, 0.3) is 0 Å². The average molecular weight is 235 g/mol. The molecule has 0 aromatic carbocycles. The Bertz CT molecular complexity index is 314. The van der Waals surface area contributed by atoms with E-state index < -0.39 is 0 Å². The first-order valence-corrected chi connectivity index (χ1v) is 7.41. The fourth-order valence-electron chi connectivity index (χ4n) is 6.38. The second kappa shape index (κ2) is 3.10. The highest BCUT2D eigenvalue weighted by atomic mass is 15.1. The van der Waals surface area contributed by atoms with Crippen LogP contribution in [0.2, 0.25) is 0 Å². The maximum Gasteiger partial charge on any atom is 0.0199 e. The van der Waals surface area contributed by atoms with Gasteiger partial charge in [0.15, 0.2) is 0 Å². The van der Waals surface area contributed by atoms with E-state index in [2.05, 4.69) is 39.9 Å². The van der Waals surface area contributed by atoms with E-state index in [-0.39, 0.29) is 5.54 Å². The zero-order chi connectivity index (χ0) is 12.5. The third kappa shape index (κ3) is 2.05. The molecule has 4 aliphatic carbocycles. The molecule has 4 aliphatic rings. The van der Waals surface area contributed by atoms with E-state index in [1.165, 1.54) is 38.5 Å². The molecule has 4 rings (SSSR count). The van der Waals surface area contributed by atoms with Crippen LogP contribution in [-0.2, 0) is 0 Å². The van der Waals surface area contributed by atoms with E-state index in [1.807, 2.05) is 0 Å². The molecule has 0 aromatic rings. The summed E-state index contributed by atoms with van der Waals surface area (Å²) in [6, 6.07) is 0. The fourth-order valence-corrected chi connectivity index (χ4v) is 6.38. The summed E-state index contributed by atoms with van der Waals surface area (Å²) in [6.45, 7) is 12.1. The summed E-state index contributed by atoms with van der Waals surface area (Å²) in [4.78, 5) is 0. The summed E-state index contributed by atoms with van der Waals surface area (Å²) in [5.74, 6) is 0.996. The predicted molar refractivity (Wildman–Crippen MR) is 73.0 cm³/mol. The molecule has 4 saturated carbocycles. The van der Waals surface area contributed by atoms with Gasteiger partial charge in [0, 0.05) is 11.1 Å². The van der Waals surface area contributed by atoms with Gasteiger partial charge in [-0.25, -0.2) is 0 Å². The molecule has 0 spiro atoms.